The molecule has 0 saturated heterocycles. The molecule has 9 heteroatoms. The Kier molecular flexibility index (Phi) is 6.76. The van der Waals surface area contributed by atoms with Gasteiger partial charge < -0.3 is 18.9 Å². The summed E-state index contributed by atoms with van der Waals surface area (Å²) in [4.78, 5) is 25.2. The molecule has 0 spiro atoms. The number of hydrogen-bond acceptors (Lipinski definition) is 7. The number of hydrogen-bond donors (Lipinski definition) is 1. The Bertz CT molecular complexity index is 1190. The predicted molar refractivity (Wildman–Crippen MR) is 117 cm³/mol. The van der Waals surface area contributed by atoms with Crippen molar-refractivity contribution in [1.29, 1.82) is 0 Å². The minimum absolute atomic E-state index is 0.103. The van der Waals surface area contributed by atoms with E-state index < -0.39 is 17.9 Å². The molecule has 2 aromatic carbocycles. The summed E-state index contributed by atoms with van der Waals surface area (Å²) in [5.41, 5.74) is 1.59. The molecule has 0 aliphatic rings. The summed E-state index contributed by atoms with van der Waals surface area (Å²) in [6.45, 7) is -0.224. The normalized spacial score (nSPS) is 11.7. The molecule has 4 rings (SSSR count). The van der Waals surface area contributed by atoms with Crippen molar-refractivity contribution in [3.63, 3.8) is 0 Å². The van der Waals surface area contributed by atoms with Crippen LogP contribution in [0.3, 0.4) is 0 Å². The first kappa shape index (κ1) is 21.5. The Labute approximate surface area is 191 Å². The molecule has 0 radical (unpaired) electrons. The molecule has 0 unspecified atom stereocenters. The van der Waals surface area contributed by atoms with E-state index in [1.54, 1.807) is 6.07 Å². The number of carbonyl (C=O) groups is 2. The topological polar surface area (TPSA) is 107 Å². The first-order valence-electron chi connectivity index (χ1n) is 9.72. The number of ether oxygens (including phenoxy) is 1. The van der Waals surface area contributed by atoms with E-state index in [1.165, 1.54) is 12.3 Å². The second kappa shape index (κ2) is 10.1. The first-order valence-corrected chi connectivity index (χ1v) is 10.5. The van der Waals surface area contributed by atoms with Crippen molar-refractivity contribution in [2.45, 2.75) is 19.1 Å². The quantitative estimate of drug-likeness (QED) is 0.365. The van der Waals surface area contributed by atoms with E-state index in [4.69, 9.17) is 13.6 Å². The van der Waals surface area contributed by atoms with Crippen LogP contribution >= 0.6 is 15.9 Å². The SMILES string of the molecule is O=C(N[C@@H](Cc1ccccc1)C(=O)OCc1nnc(-c2ccccc2Br)o1)c1ccco1. The molecular weight excluding hydrogens is 478 g/mol. The fraction of sp³-hybridized carbons (Fsp3) is 0.130. The van der Waals surface area contributed by atoms with Gasteiger partial charge in [0.1, 0.15) is 6.04 Å². The molecule has 1 N–H and O–H groups in total. The summed E-state index contributed by atoms with van der Waals surface area (Å²) in [7, 11) is 0. The number of carbonyl (C=O) groups excluding carboxylic acids is 2. The number of nitrogens with zero attached hydrogens (tertiary/aromatic N) is 2. The standard InChI is InChI=1S/C23H18BrN3O5/c24-17-10-5-4-9-16(17)22-27-26-20(32-22)14-31-23(29)18(13-15-7-2-1-3-8-15)25-21(28)19-11-6-12-30-19/h1-12,18H,13-14H2,(H,25,28)/t18-/m0/s1. The molecule has 8 nitrogen and oxygen atoms in total. The average Bonchev–Trinajstić information content (AvgIpc) is 3.51. The lowest BCUT2D eigenvalue weighted by atomic mass is 10.1. The number of halogens is 1. The van der Waals surface area contributed by atoms with Crippen LogP contribution in [0.15, 0.2) is 86.3 Å². The van der Waals surface area contributed by atoms with Crippen LogP contribution in [0.2, 0.25) is 0 Å². The molecule has 0 bridgehead atoms. The third-order valence-electron chi connectivity index (χ3n) is 4.53. The van der Waals surface area contributed by atoms with E-state index in [1.807, 2.05) is 54.6 Å². The molecule has 2 heterocycles. The molecule has 2 aromatic heterocycles. The second-order valence-electron chi connectivity index (χ2n) is 6.78. The molecule has 0 aliphatic heterocycles. The summed E-state index contributed by atoms with van der Waals surface area (Å²) in [6, 6.07) is 18.9. The number of benzene rings is 2. The van der Waals surface area contributed by atoms with E-state index in [2.05, 4.69) is 31.4 Å². The maximum absolute atomic E-state index is 12.8. The Balaban J connectivity index is 1.44. The third-order valence-corrected chi connectivity index (χ3v) is 5.22. The van der Waals surface area contributed by atoms with Crippen molar-refractivity contribution in [1.82, 2.24) is 15.5 Å². The minimum Gasteiger partial charge on any atom is -0.459 e. The predicted octanol–water partition coefficient (Wildman–Crippen LogP) is 4.18. The number of furan rings is 1. The van der Waals surface area contributed by atoms with Crippen molar-refractivity contribution in [3.05, 3.63) is 94.7 Å². The Hall–Kier alpha value is -3.72. The summed E-state index contributed by atoms with van der Waals surface area (Å²) in [5, 5.41) is 10.6. The van der Waals surface area contributed by atoms with Gasteiger partial charge in [-0.3, -0.25) is 4.79 Å². The highest BCUT2D eigenvalue weighted by Gasteiger charge is 2.25. The van der Waals surface area contributed by atoms with Gasteiger partial charge in [0, 0.05) is 10.9 Å². The third kappa shape index (κ3) is 5.30. The molecule has 162 valence electrons. The van der Waals surface area contributed by atoms with Crippen molar-refractivity contribution < 1.29 is 23.2 Å². The molecule has 1 amide bonds. The van der Waals surface area contributed by atoms with Crippen molar-refractivity contribution >= 4 is 27.8 Å². The van der Waals surface area contributed by atoms with Crippen molar-refractivity contribution in [2.75, 3.05) is 0 Å². The van der Waals surface area contributed by atoms with Gasteiger partial charge >= 0.3 is 5.97 Å². The second-order valence-corrected chi connectivity index (χ2v) is 7.64. The molecule has 0 saturated carbocycles. The Morgan fingerprint density at radius 2 is 1.78 bits per heavy atom. The van der Waals surface area contributed by atoms with E-state index >= 15 is 0 Å². The lowest BCUT2D eigenvalue weighted by Crippen LogP contribution is -2.43. The average molecular weight is 496 g/mol. The highest BCUT2D eigenvalue weighted by molar-refractivity contribution is 9.10. The van der Waals surface area contributed by atoms with Crippen LogP contribution < -0.4 is 5.32 Å². The van der Waals surface area contributed by atoms with Crippen molar-refractivity contribution in [3.8, 4) is 11.5 Å². The van der Waals surface area contributed by atoms with Crippen LogP contribution in [0.25, 0.3) is 11.5 Å². The summed E-state index contributed by atoms with van der Waals surface area (Å²) in [6.07, 6.45) is 1.63. The van der Waals surface area contributed by atoms with Gasteiger partial charge in [0.15, 0.2) is 12.4 Å². The van der Waals surface area contributed by atoms with Gasteiger partial charge in [0.05, 0.1) is 11.8 Å². The van der Waals surface area contributed by atoms with E-state index in [0.717, 1.165) is 15.6 Å². The number of esters is 1. The van der Waals surface area contributed by atoms with Gasteiger partial charge in [-0.15, -0.1) is 10.2 Å². The zero-order valence-electron chi connectivity index (χ0n) is 16.7. The van der Waals surface area contributed by atoms with Crippen LogP contribution in [0.1, 0.15) is 22.0 Å². The largest absolute Gasteiger partial charge is 0.459 e. The van der Waals surface area contributed by atoms with Crippen LogP contribution in [-0.4, -0.2) is 28.1 Å². The Morgan fingerprint density at radius 1 is 1.00 bits per heavy atom. The minimum atomic E-state index is -0.930. The lowest BCUT2D eigenvalue weighted by Gasteiger charge is -2.16. The van der Waals surface area contributed by atoms with Crippen LogP contribution in [0.5, 0.6) is 0 Å². The molecule has 1 atom stereocenters. The van der Waals surface area contributed by atoms with Gasteiger partial charge in [0.2, 0.25) is 5.89 Å². The number of rotatable bonds is 8. The Morgan fingerprint density at radius 3 is 2.53 bits per heavy atom. The van der Waals surface area contributed by atoms with E-state index in [0.29, 0.717) is 5.89 Å². The molecule has 0 aliphatic carbocycles. The van der Waals surface area contributed by atoms with Crippen LogP contribution in [0.4, 0.5) is 0 Å². The molecule has 4 aromatic rings. The number of amides is 1. The van der Waals surface area contributed by atoms with Crippen molar-refractivity contribution in [2.24, 2.45) is 0 Å². The summed E-state index contributed by atoms with van der Waals surface area (Å²) < 4.78 is 16.9. The number of nitrogens with one attached hydrogen (secondary N) is 1. The van der Waals surface area contributed by atoms with Gasteiger partial charge in [-0.25, -0.2) is 4.79 Å². The smallest absolute Gasteiger partial charge is 0.329 e. The molecule has 0 fully saturated rings. The van der Waals surface area contributed by atoms with Gasteiger partial charge in [0.25, 0.3) is 11.8 Å². The zero-order chi connectivity index (χ0) is 22.3. The number of aromatic nitrogens is 2. The fourth-order valence-electron chi connectivity index (χ4n) is 2.97. The maximum atomic E-state index is 12.8. The fourth-order valence-corrected chi connectivity index (χ4v) is 3.42. The van der Waals surface area contributed by atoms with Gasteiger partial charge in [-0.1, -0.05) is 42.5 Å². The van der Waals surface area contributed by atoms with Crippen LogP contribution in [0, 0.1) is 0 Å². The zero-order valence-corrected chi connectivity index (χ0v) is 18.3. The first-order chi connectivity index (χ1) is 15.6. The monoisotopic (exact) mass is 495 g/mol. The summed E-state index contributed by atoms with van der Waals surface area (Å²) >= 11 is 3.43. The van der Waals surface area contributed by atoms with Crippen LogP contribution in [-0.2, 0) is 22.6 Å². The van der Waals surface area contributed by atoms with E-state index in [9.17, 15) is 9.59 Å². The maximum Gasteiger partial charge on any atom is 0.329 e. The summed E-state index contributed by atoms with van der Waals surface area (Å²) in [5.74, 6) is -0.600. The van der Waals surface area contributed by atoms with Gasteiger partial charge in [-0.2, -0.15) is 0 Å². The highest BCUT2D eigenvalue weighted by atomic mass is 79.9. The highest BCUT2D eigenvalue weighted by Crippen LogP contribution is 2.26. The lowest BCUT2D eigenvalue weighted by molar-refractivity contribution is -0.148. The molecule has 32 heavy (non-hydrogen) atoms. The van der Waals surface area contributed by atoms with Gasteiger partial charge in [-0.05, 0) is 45.8 Å². The molecular formula is C23H18BrN3O5. The van der Waals surface area contributed by atoms with E-state index in [-0.39, 0.29) is 24.7 Å².